The van der Waals surface area contributed by atoms with Crippen molar-refractivity contribution in [3.63, 3.8) is 0 Å². The summed E-state index contributed by atoms with van der Waals surface area (Å²) in [6.45, 7) is 3.40. The van der Waals surface area contributed by atoms with Crippen molar-refractivity contribution < 1.29 is 0 Å². The first kappa shape index (κ1) is 10.0. The van der Waals surface area contributed by atoms with Crippen LogP contribution >= 0.6 is 23.7 Å². The van der Waals surface area contributed by atoms with Gasteiger partial charge in [0.2, 0.25) is 0 Å². The Morgan fingerprint density at radius 2 is 2.42 bits per heavy atom. The number of thiophene rings is 1. The van der Waals surface area contributed by atoms with Gasteiger partial charge >= 0.3 is 0 Å². The van der Waals surface area contributed by atoms with Crippen LogP contribution in [0.15, 0.2) is 11.4 Å². The molecule has 1 saturated heterocycles. The molecule has 1 aliphatic heterocycles. The monoisotopic (exact) mass is 203 g/mol. The zero-order chi connectivity index (χ0) is 7.68. The SMILES string of the molecule is Cc1ccsc1[C@@H]1CCCN1.Cl. The van der Waals surface area contributed by atoms with Crippen molar-refractivity contribution in [3.8, 4) is 0 Å². The Labute approximate surface area is 83.6 Å². The minimum atomic E-state index is 0. The second-order valence-electron chi connectivity index (χ2n) is 3.12. The fourth-order valence-corrected chi connectivity index (χ4v) is 2.69. The first-order chi connectivity index (χ1) is 5.38. The molecule has 1 aromatic heterocycles. The van der Waals surface area contributed by atoms with Gasteiger partial charge in [-0.25, -0.2) is 0 Å². The molecule has 0 spiro atoms. The van der Waals surface area contributed by atoms with Gasteiger partial charge in [0.25, 0.3) is 0 Å². The highest BCUT2D eigenvalue weighted by Crippen LogP contribution is 2.29. The lowest BCUT2D eigenvalue weighted by molar-refractivity contribution is 0.656. The van der Waals surface area contributed by atoms with Crippen molar-refractivity contribution >= 4 is 23.7 Å². The molecule has 1 aromatic rings. The molecule has 1 fully saturated rings. The topological polar surface area (TPSA) is 12.0 Å². The molecule has 3 heteroatoms. The van der Waals surface area contributed by atoms with Crippen molar-refractivity contribution in [2.24, 2.45) is 0 Å². The maximum Gasteiger partial charge on any atom is 0.0417 e. The Morgan fingerprint density at radius 3 is 2.92 bits per heavy atom. The molecule has 12 heavy (non-hydrogen) atoms. The van der Waals surface area contributed by atoms with E-state index in [0.29, 0.717) is 6.04 Å². The molecule has 1 N–H and O–H groups in total. The van der Waals surface area contributed by atoms with E-state index in [1.54, 1.807) is 4.88 Å². The van der Waals surface area contributed by atoms with Gasteiger partial charge in [-0.2, -0.15) is 0 Å². The number of hydrogen-bond donors (Lipinski definition) is 1. The highest BCUT2D eigenvalue weighted by atomic mass is 35.5. The van der Waals surface area contributed by atoms with Crippen LogP contribution in [0.3, 0.4) is 0 Å². The molecule has 0 unspecified atom stereocenters. The van der Waals surface area contributed by atoms with E-state index in [-0.39, 0.29) is 12.4 Å². The van der Waals surface area contributed by atoms with Crippen LogP contribution in [-0.2, 0) is 0 Å². The van der Waals surface area contributed by atoms with E-state index < -0.39 is 0 Å². The molecule has 0 aliphatic carbocycles. The van der Waals surface area contributed by atoms with Gasteiger partial charge in [-0.05, 0) is 43.3 Å². The highest BCUT2D eigenvalue weighted by Gasteiger charge is 2.18. The summed E-state index contributed by atoms with van der Waals surface area (Å²) in [6, 6.07) is 2.87. The van der Waals surface area contributed by atoms with E-state index in [9.17, 15) is 0 Å². The minimum Gasteiger partial charge on any atom is -0.309 e. The summed E-state index contributed by atoms with van der Waals surface area (Å²) in [5.74, 6) is 0. The molecule has 0 saturated carbocycles. The van der Waals surface area contributed by atoms with Crippen molar-refractivity contribution in [3.05, 3.63) is 21.9 Å². The number of rotatable bonds is 1. The highest BCUT2D eigenvalue weighted by molar-refractivity contribution is 7.10. The second kappa shape index (κ2) is 4.26. The lowest BCUT2D eigenvalue weighted by Crippen LogP contribution is -2.12. The van der Waals surface area contributed by atoms with Gasteiger partial charge in [0.15, 0.2) is 0 Å². The standard InChI is InChI=1S/C9H13NS.ClH/c1-7-4-6-11-9(7)8-3-2-5-10-8;/h4,6,8,10H,2-3,5H2,1H3;1H/t8-;/m0./s1. The van der Waals surface area contributed by atoms with Crippen molar-refractivity contribution in [1.82, 2.24) is 5.32 Å². The first-order valence-corrected chi connectivity index (χ1v) is 5.03. The Kier molecular flexibility index (Phi) is 3.56. The minimum absolute atomic E-state index is 0. The van der Waals surface area contributed by atoms with Crippen LogP contribution in [0.1, 0.15) is 29.3 Å². The van der Waals surface area contributed by atoms with E-state index in [2.05, 4.69) is 23.7 Å². The van der Waals surface area contributed by atoms with Crippen LogP contribution in [0.4, 0.5) is 0 Å². The number of aryl methyl sites for hydroxylation is 1. The van der Waals surface area contributed by atoms with Crippen LogP contribution in [0.25, 0.3) is 0 Å². The molecule has 1 nitrogen and oxygen atoms in total. The molecule has 0 aromatic carbocycles. The lowest BCUT2D eigenvalue weighted by Gasteiger charge is -2.07. The summed E-state index contributed by atoms with van der Waals surface area (Å²) in [4.78, 5) is 1.54. The maximum atomic E-state index is 3.51. The van der Waals surface area contributed by atoms with Crippen LogP contribution in [0, 0.1) is 6.92 Å². The van der Waals surface area contributed by atoms with Gasteiger partial charge in [0.05, 0.1) is 0 Å². The molecule has 2 rings (SSSR count). The second-order valence-corrected chi connectivity index (χ2v) is 4.06. The Bertz CT molecular complexity index is 240. The van der Waals surface area contributed by atoms with E-state index in [0.717, 1.165) is 0 Å². The summed E-state index contributed by atoms with van der Waals surface area (Å²) in [5, 5.41) is 5.70. The molecular formula is C9H14ClNS. The largest absolute Gasteiger partial charge is 0.309 e. The zero-order valence-electron chi connectivity index (χ0n) is 7.17. The van der Waals surface area contributed by atoms with Gasteiger partial charge in [-0.3, -0.25) is 0 Å². The maximum absolute atomic E-state index is 3.51. The fourth-order valence-electron chi connectivity index (χ4n) is 1.65. The van der Waals surface area contributed by atoms with Crippen LogP contribution in [0.2, 0.25) is 0 Å². The molecule has 0 bridgehead atoms. The predicted molar refractivity (Wildman–Crippen MR) is 56.3 cm³/mol. The summed E-state index contributed by atoms with van der Waals surface area (Å²) >= 11 is 1.88. The summed E-state index contributed by atoms with van der Waals surface area (Å²) in [7, 11) is 0. The summed E-state index contributed by atoms with van der Waals surface area (Å²) in [5.41, 5.74) is 1.45. The van der Waals surface area contributed by atoms with Crippen molar-refractivity contribution in [1.29, 1.82) is 0 Å². The fraction of sp³-hybridized carbons (Fsp3) is 0.556. The number of halogens is 1. The number of nitrogens with one attached hydrogen (secondary N) is 1. The molecule has 0 radical (unpaired) electrons. The quantitative estimate of drug-likeness (QED) is 0.740. The molecule has 0 amide bonds. The van der Waals surface area contributed by atoms with Gasteiger partial charge < -0.3 is 5.32 Å². The van der Waals surface area contributed by atoms with Crippen molar-refractivity contribution in [2.45, 2.75) is 25.8 Å². The van der Waals surface area contributed by atoms with Crippen LogP contribution in [0.5, 0.6) is 0 Å². The molecule has 1 atom stereocenters. The van der Waals surface area contributed by atoms with Gasteiger partial charge in [0, 0.05) is 10.9 Å². The van der Waals surface area contributed by atoms with Gasteiger partial charge in [-0.1, -0.05) is 0 Å². The third kappa shape index (κ3) is 1.82. The van der Waals surface area contributed by atoms with Crippen LogP contribution < -0.4 is 5.32 Å². The first-order valence-electron chi connectivity index (χ1n) is 4.15. The lowest BCUT2D eigenvalue weighted by atomic mass is 10.1. The van der Waals surface area contributed by atoms with E-state index in [1.165, 1.54) is 24.9 Å². The molecule has 2 heterocycles. The Hall–Kier alpha value is -0.0500. The molecular weight excluding hydrogens is 190 g/mol. The smallest absolute Gasteiger partial charge is 0.0417 e. The third-order valence-electron chi connectivity index (χ3n) is 2.28. The molecule has 1 aliphatic rings. The Morgan fingerprint density at radius 1 is 1.58 bits per heavy atom. The van der Waals surface area contributed by atoms with Gasteiger partial charge in [0.1, 0.15) is 0 Å². The summed E-state index contributed by atoms with van der Waals surface area (Å²) < 4.78 is 0. The Balaban J connectivity index is 0.000000720. The van der Waals surface area contributed by atoms with Gasteiger partial charge in [-0.15, -0.1) is 23.7 Å². The predicted octanol–water partition coefficient (Wildman–Crippen LogP) is 2.90. The number of hydrogen-bond acceptors (Lipinski definition) is 2. The van der Waals surface area contributed by atoms with E-state index in [4.69, 9.17) is 0 Å². The average Bonchev–Trinajstić information content (AvgIpc) is 2.55. The molecule has 68 valence electrons. The van der Waals surface area contributed by atoms with E-state index in [1.807, 2.05) is 11.3 Å². The third-order valence-corrected chi connectivity index (χ3v) is 3.41. The van der Waals surface area contributed by atoms with E-state index >= 15 is 0 Å². The zero-order valence-corrected chi connectivity index (χ0v) is 8.80. The normalized spacial score (nSPS) is 22.2. The van der Waals surface area contributed by atoms with Crippen molar-refractivity contribution in [2.75, 3.05) is 6.54 Å². The summed E-state index contributed by atoms with van der Waals surface area (Å²) in [6.07, 6.45) is 2.66. The van der Waals surface area contributed by atoms with Crippen LogP contribution in [-0.4, -0.2) is 6.54 Å². The average molecular weight is 204 g/mol.